The summed E-state index contributed by atoms with van der Waals surface area (Å²) in [5.41, 5.74) is 2.57. The smallest absolute Gasteiger partial charge is 0.222 e. The van der Waals surface area contributed by atoms with Gasteiger partial charge < -0.3 is 15.5 Å². The zero-order valence-electron chi connectivity index (χ0n) is 14.8. The van der Waals surface area contributed by atoms with Crippen molar-refractivity contribution in [2.75, 3.05) is 24.5 Å². The van der Waals surface area contributed by atoms with Crippen molar-refractivity contribution in [1.29, 1.82) is 0 Å². The largest absolute Gasteiger partial charge is 0.356 e. The van der Waals surface area contributed by atoms with Crippen LogP contribution in [0.2, 0.25) is 0 Å². The molecule has 2 rings (SSSR count). The van der Waals surface area contributed by atoms with Gasteiger partial charge in [-0.25, -0.2) is 0 Å². The molecule has 134 valence electrons. The lowest BCUT2D eigenvalue weighted by atomic mass is 10.2. The Morgan fingerprint density at radius 1 is 1.33 bits per heavy atom. The Morgan fingerprint density at radius 2 is 2.08 bits per heavy atom. The number of rotatable bonds is 6. The van der Waals surface area contributed by atoms with E-state index in [4.69, 9.17) is 0 Å². The van der Waals surface area contributed by atoms with Crippen molar-refractivity contribution in [2.24, 2.45) is 4.99 Å². The van der Waals surface area contributed by atoms with E-state index in [1.165, 1.54) is 11.3 Å². The lowest BCUT2D eigenvalue weighted by molar-refractivity contribution is -0.121. The fraction of sp³-hybridized carbons (Fsp3) is 0.556. The molecule has 0 saturated heterocycles. The van der Waals surface area contributed by atoms with Gasteiger partial charge in [-0.05, 0) is 38.3 Å². The molecule has 1 aliphatic heterocycles. The number of hydrogen-bond acceptors (Lipinski definition) is 2. The maximum Gasteiger partial charge on any atom is 0.222 e. The number of nitrogens with one attached hydrogen (secondary N) is 2. The second-order valence-corrected chi connectivity index (χ2v) is 5.89. The number of hydrogen-bond donors (Lipinski definition) is 2. The third kappa shape index (κ3) is 5.65. The summed E-state index contributed by atoms with van der Waals surface area (Å²) in [6, 6.07) is 8.65. The van der Waals surface area contributed by atoms with E-state index in [0.29, 0.717) is 13.0 Å². The number of carbonyl (C=O) groups excluding carboxylic acids is 1. The highest BCUT2D eigenvalue weighted by Gasteiger charge is 2.22. The van der Waals surface area contributed by atoms with Crippen LogP contribution in [0, 0.1) is 0 Å². The summed E-state index contributed by atoms with van der Waals surface area (Å²) in [5.74, 6) is 0.939. The van der Waals surface area contributed by atoms with Gasteiger partial charge in [-0.2, -0.15) is 0 Å². The lowest BCUT2D eigenvalue weighted by Gasteiger charge is -2.22. The van der Waals surface area contributed by atoms with E-state index in [9.17, 15) is 4.79 Å². The third-order valence-corrected chi connectivity index (χ3v) is 4.10. The molecule has 0 radical (unpaired) electrons. The topological polar surface area (TPSA) is 56.7 Å². The summed E-state index contributed by atoms with van der Waals surface area (Å²) < 4.78 is 0. The SMILES string of the molecule is CCNC(=NCCC(=O)NC(C)CC)N1CCc2ccccc21.I. The van der Waals surface area contributed by atoms with E-state index < -0.39 is 0 Å². The molecule has 24 heavy (non-hydrogen) atoms. The highest BCUT2D eigenvalue weighted by molar-refractivity contribution is 14.0. The van der Waals surface area contributed by atoms with E-state index >= 15 is 0 Å². The van der Waals surface area contributed by atoms with Gasteiger partial charge in [0.05, 0.1) is 6.54 Å². The van der Waals surface area contributed by atoms with Gasteiger partial charge in [0, 0.05) is 31.2 Å². The summed E-state index contributed by atoms with van der Waals surface area (Å²) in [6.45, 7) is 8.40. The minimum atomic E-state index is 0. The van der Waals surface area contributed by atoms with Gasteiger partial charge in [-0.3, -0.25) is 9.79 Å². The number of benzene rings is 1. The molecule has 1 unspecified atom stereocenters. The van der Waals surface area contributed by atoms with Gasteiger partial charge in [-0.15, -0.1) is 24.0 Å². The highest BCUT2D eigenvalue weighted by atomic mass is 127. The Hall–Kier alpha value is -1.31. The Balaban J connectivity index is 0.00000288. The molecule has 1 aromatic carbocycles. The number of nitrogens with zero attached hydrogens (tertiary/aromatic N) is 2. The first kappa shape index (κ1) is 20.7. The van der Waals surface area contributed by atoms with Crippen LogP contribution in [0.1, 0.15) is 39.2 Å². The molecule has 1 amide bonds. The van der Waals surface area contributed by atoms with Crippen LogP contribution < -0.4 is 15.5 Å². The van der Waals surface area contributed by atoms with E-state index in [1.54, 1.807) is 0 Å². The molecular formula is C18H29IN4O. The average molecular weight is 444 g/mol. The van der Waals surface area contributed by atoms with Crippen LogP contribution in [0.25, 0.3) is 0 Å². The molecule has 0 bridgehead atoms. The van der Waals surface area contributed by atoms with Gasteiger partial charge in [0.1, 0.15) is 0 Å². The Kier molecular flexibility index (Phi) is 9.10. The number of anilines is 1. The minimum Gasteiger partial charge on any atom is -0.356 e. The molecule has 1 aliphatic rings. The van der Waals surface area contributed by atoms with Crippen molar-refractivity contribution in [2.45, 2.75) is 46.1 Å². The van der Waals surface area contributed by atoms with Gasteiger partial charge in [0.2, 0.25) is 5.91 Å². The van der Waals surface area contributed by atoms with Crippen LogP contribution in [-0.2, 0) is 11.2 Å². The molecule has 1 aromatic rings. The fourth-order valence-corrected chi connectivity index (χ4v) is 2.67. The van der Waals surface area contributed by atoms with Crippen molar-refractivity contribution >= 4 is 41.5 Å². The molecule has 0 spiro atoms. The molecule has 0 fully saturated rings. The molecule has 0 aliphatic carbocycles. The predicted octanol–water partition coefficient (Wildman–Crippen LogP) is 2.94. The Morgan fingerprint density at radius 3 is 2.79 bits per heavy atom. The molecule has 5 nitrogen and oxygen atoms in total. The molecular weight excluding hydrogens is 415 g/mol. The van der Waals surface area contributed by atoms with Crippen LogP contribution >= 0.6 is 24.0 Å². The monoisotopic (exact) mass is 444 g/mol. The number of carbonyl (C=O) groups is 1. The first-order valence-corrected chi connectivity index (χ1v) is 8.58. The first-order chi connectivity index (χ1) is 11.2. The quantitative estimate of drug-likeness (QED) is 0.403. The van der Waals surface area contributed by atoms with Crippen molar-refractivity contribution in [1.82, 2.24) is 10.6 Å². The van der Waals surface area contributed by atoms with Crippen LogP contribution in [0.5, 0.6) is 0 Å². The van der Waals surface area contributed by atoms with E-state index in [0.717, 1.165) is 31.9 Å². The van der Waals surface area contributed by atoms with Crippen molar-refractivity contribution in [3.05, 3.63) is 29.8 Å². The standard InChI is InChI=1S/C18H28N4O.HI/c1-4-14(3)21-17(23)10-12-20-18(19-5-2)22-13-11-15-8-6-7-9-16(15)22;/h6-9,14H,4-5,10-13H2,1-3H3,(H,19,20)(H,21,23);1H. The van der Waals surface area contributed by atoms with Gasteiger partial charge in [-0.1, -0.05) is 25.1 Å². The fourth-order valence-electron chi connectivity index (χ4n) is 2.67. The molecule has 0 aromatic heterocycles. The maximum absolute atomic E-state index is 11.9. The Labute approximate surface area is 162 Å². The van der Waals surface area contributed by atoms with E-state index in [-0.39, 0.29) is 35.9 Å². The van der Waals surface area contributed by atoms with Crippen LogP contribution in [0.15, 0.2) is 29.3 Å². The molecule has 1 atom stereocenters. The van der Waals surface area contributed by atoms with Gasteiger partial charge >= 0.3 is 0 Å². The lowest BCUT2D eigenvalue weighted by Crippen LogP contribution is -2.41. The van der Waals surface area contributed by atoms with Crippen molar-refractivity contribution in [3.8, 4) is 0 Å². The number of halogens is 1. The second-order valence-electron chi connectivity index (χ2n) is 5.89. The molecule has 6 heteroatoms. The molecule has 1 heterocycles. The number of guanidine groups is 1. The predicted molar refractivity (Wildman–Crippen MR) is 111 cm³/mol. The average Bonchev–Trinajstić information content (AvgIpc) is 2.98. The maximum atomic E-state index is 11.9. The first-order valence-electron chi connectivity index (χ1n) is 8.58. The summed E-state index contributed by atoms with van der Waals surface area (Å²) in [6.07, 6.45) is 2.41. The third-order valence-electron chi connectivity index (χ3n) is 4.10. The number of amides is 1. The second kappa shape index (κ2) is 10.5. The van der Waals surface area contributed by atoms with Crippen LogP contribution in [-0.4, -0.2) is 37.5 Å². The van der Waals surface area contributed by atoms with Crippen molar-refractivity contribution in [3.63, 3.8) is 0 Å². The summed E-state index contributed by atoms with van der Waals surface area (Å²) in [5, 5.41) is 6.31. The van der Waals surface area contributed by atoms with Crippen LogP contribution in [0.3, 0.4) is 0 Å². The minimum absolute atomic E-state index is 0. The van der Waals surface area contributed by atoms with E-state index in [1.807, 2.05) is 6.92 Å². The summed E-state index contributed by atoms with van der Waals surface area (Å²) in [7, 11) is 0. The molecule has 2 N–H and O–H groups in total. The zero-order chi connectivity index (χ0) is 16.7. The highest BCUT2D eigenvalue weighted by Crippen LogP contribution is 2.27. The summed E-state index contributed by atoms with van der Waals surface area (Å²) >= 11 is 0. The summed E-state index contributed by atoms with van der Waals surface area (Å²) in [4.78, 5) is 18.7. The van der Waals surface area contributed by atoms with Gasteiger partial charge in [0.15, 0.2) is 5.96 Å². The molecule has 0 saturated carbocycles. The number of fused-ring (bicyclic) bond motifs is 1. The normalized spacial score (nSPS) is 14.6. The van der Waals surface area contributed by atoms with Gasteiger partial charge in [0.25, 0.3) is 0 Å². The van der Waals surface area contributed by atoms with E-state index in [2.05, 4.69) is 58.6 Å². The number of aliphatic imine (C=N–C) groups is 1. The number of para-hydroxylation sites is 1. The zero-order valence-corrected chi connectivity index (χ0v) is 17.2. The van der Waals surface area contributed by atoms with Crippen LogP contribution in [0.4, 0.5) is 5.69 Å². The Bertz CT molecular complexity index is 562. The van der Waals surface area contributed by atoms with Crippen molar-refractivity contribution < 1.29 is 4.79 Å².